The summed E-state index contributed by atoms with van der Waals surface area (Å²) in [5, 5.41) is 4.31. The van der Waals surface area contributed by atoms with Gasteiger partial charge in [0.25, 0.3) is 0 Å². The van der Waals surface area contributed by atoms with Gasteiger partial charge >= 0.3 is 0 Å². The van der Waals surface area contributed by atoms with E-state index in [1.54, 1.807) is 0 Å². The number of halogens is 2. The Labute approximate surface area is 115 Å². The molecule has 102 valence electrons. The van der Waals surface area contributed by atoms with Crippen molar-refractivity contribution in [3.05, 3.63) is 65.9 Å². The highest BCUT2D eigenvalue weighted by Crippen LogP contribution is 2.24. The topological polar surface area (TPSA) is 27.8 Å². The van der Waals surface area contributed by atoms with Crippen molar-refractivity contribution in [3.63, 3.8) is 0 Å². The fourth-order valence-corrected chi connectivity index (χ4v) is 2.32. The van der Waals surface area contributed by atoms with Gasteiger partial charge in [0.1, 0.15) is 11.6 Å². The van der Waals surface area contributed by atoms with Crippen molar-refractivity contribution in [2.45, 2.75) is 13.0 Å². The van der Waals surface area contributed by atoms with Crippen molar-refractivity contribution >= 4 is 16.6 Å². The molecule has 1 atom stereocenters. The van der Waals surface area contributed by atoms with Crippen LogP contribution in [-0.4, -0.2) is 4.98 Å². The van der Waals surface area contributed by atoms with Gasteiger partial charge in [0, 0.05) is 34.4 Å². The van der Waals surface area contributed by atoms with Crippen molar-refractivity contribution in [1.29, 1.82) is 0 Å². The number of aromatic amines is 1. The van der Waals surface area contributed by atoms with E-state index in [4.69, 9.17) is 0 Å². The molecule has 2 nitrogen and oxygen atoms in total. The Morgan fingerprint density at radius 1 is 1.05 bits per heavy atom. The van der Waals surface area contributed by atoms with E-state index in [0.29, 0.717) is 5.56 Å². The fourth-order valence-electron chi connectivity index (χ4n) is 2.32. The number of H-pyrrole nitrogens is 1. The molecule has 0 aliphatic rings. The zero-order chi connectivity index (χ0) is 14.1. The molecule has 2 aromatic carbocycles. The van der Waals surface area contributed by atoms with E-state index in [1.807, 2.05) is 37.4 Å². The van der Waals surface area contributed by atoms with Gasteiger partial charge in [-0.2, -0.15) is 0 Å². The predicted molar refractivity (Wildman–Crippen MR) is 76.7 cm³/mol. The number of benzene rings is 2. The second kappa shape index (κ2) is 4.96. The van der Waals surface area contributed by atoms with Gasteiger partial charge in [-0.05, 0) is 37.3 Å². The van der Waals surface area contributed by atoms with Crippen molar-refractivity contribution in [2.75, 3.05) is 5.32 Å². The minimum atomic E-state index is -0.563. The monoisotopic (exact) mass is 272 g/mol. The molecule has 2 N–H and O–H groups in total. The molecule has 20 heavy (non-hydrogen) atoms. The first-order valence-corrected chi connectivity index (χ1v) is 6.42. The molecule has 0 saturated heterocycles. The standard InChI is InChI=1S/C16H14F2N2/c1-10(14-4-2-12(17)9-15(14)18)20-13-3-5-16-11(8-13)6-7-19-16/h2-10,19-20H,1H3. The van der Waals surface area contributed by atoms with Crippen LogP contribution < -0.4 is 5.32 Å². The molecule has 0 aliphatic heterocycles. The van der Waals surface area contributed by atoms with Gasteiger partial charge < -0.3 is 10.3 Å². The summed E-state index contributed by atoms with van der Waals surface area (Å²) in [6.45, 7) is 1.84. The summed E-state index contributed by atoms with van der Waals surface area (Å²) in [4.78, 5) is 3.12. The highest BCUT2D eigenvalue weighted by atomic mass is 19.1. The smallest absolute Gasteiger partial charge is 0.131 e. The third-order valence-electron chi connectivity index (χ3n) is 3.37. The number of hydrogen-bond acceptors (Lipinski definition) is 1. The maximum atomic E-state index is 13.7. The van der Waals surface area contributed by atoms with Crippen molar-refractivity contribution in [1.82, 2.24) is 4.98 Å². The Bertz CT molecular complexity index is 749. The first kappa shape index (κ1) is 12.7. The third-order valence-corrected chi connectivity index (χ3v) is 3.37. The summed E-state index contributed by atoms with van der Waals surface area (Å²) < 4.78 is 26.6. The molecule has 0 spiro atoms. The molecule has 1 aromatic heterocycles. The summed E-state index contributed by atoms with van der Waals surface area (Å²) in [5.74, 6) is -1.10. The zero-order valence-electron chi connectivity index (χ0n) is 11.0. The quantitative estimate of drug-likeness (QED) is 0.715. The lowest BCUT2D eigenvalue weighted by atomic mass is 10.1. The van der Waals surface area contributed by atoms with Crippen LogP contribution in [0.1, 0.15) is 18.5 Å². The van der Waals surface area contributed by atoms with Gasteiger partial charge in [-0.15, -0.1) is 0 Å². The molecule has 0 amide bonds. The van der Waals surface area contributed by atoms with Crippen LogP contribution in [0, 0.1) is 11.6 Å². The van der Waals surface area contributed by atoms with Crippen molar-refractivity contribution in [3.8, 4) is 0 Å². The minimum Gasteiger partial charge on any atom is -0.378 e. The maximum Gasteiger partial charge on any atom is 0.131 e. The van der Waals surface area contributed by atoms with Crippen LogP contribution >= 0.6 is 0 Å². The zero-order valence-corrected chi connectivity index (χ0v) is 11.0. The van der Waals surface area contributed by atoms with Gasteiger partial charge in [0.15, 0.2) is 0 Å². The lowest BCUT2D eigenvalue weighted by molar-refractivity contribution is 0.566. The molecule has 0 radical (unpaired) electrons. The average Bonchev–Trinajstić information content (AvgIpc) is 2.85. The Kier molecular flexibility index (Phi) is 3.14. The van der Waals surface area contributed by atoms with Gasteiger partial charge in [-0.3, -0.25) is 0 Å². The number of fused-ring (bicyclic) bond motifs is 1. The summed E-state index contributed by atoms with van der Waals surface area (Å²) in [5.41, 5.74) is 2.39. The molecule has 0 aliphatic carbocycles. The minimum absolute atomic E-state index is 0.244. The first-order valence-electron chi connectivity index (χ1n) is 6.42. The van der Waals surface area contributed by atoms with Crippen molar-refractivity contribution < 1.29 is 8.78 Å². The van der Waals surface area contributed by atoms with Crippen molar-refractivity contribution in [2.24, 2.45) is 0 Å². The fraction of sp³-hybridized carbons (Fsp3) is 0.125. The molecule has 4 heteroatoms. The number of nitrogens with one attached hydrogen (secondary N) is 2. The van der Waals surface area contributed by atoms with Gasteiger partial charge in [0.05, 0.1) is 6.04 Å². The van der Waals surface area contributed by atoms with E-state index >= 15 is 0 Å². The average molecular weight is 272 g/mol. The van der Waals surface area contributed by atoms with Crippen LogP contribution in [0.4, 0.5) is 14.5 Å². The lowest BCUT2D eigenvalue weighted by Gasteiger charge is -2.16. The molecule has 0 bridgehead atoms. The highest BCUT2D eigenvalue weighted by molar-refractivity contribution is 5.83. The van der Waals surface area contributed by atoms with E-state index in [-0.39, 0.29) is 6.04 Å². The molecule has 3 aromatic rings. The second-order valence-electron chi connectivity index (χ2n) is 4.81. The van der Waals surface area contributed by atoms with Crippen LogP contribution in [0.25, 0.3) is 10.9 Å². The number of aromatic nitrogens is 1. The molecule has 1 heterocycles. The molecular weight excluding hydrogens is 258 g/mol. The highest BCUT2D eigenvalue weighted by Gasteiger charge is 2.11. The summed E-state index contributed by atoms with van der Waals surface area (Å²) in [7, 11) is 0. The van der Waals surface area contributed by atoms with E-state index < -0.39 is 11.6 Å². The normalized spacial score (nSPS) is 12.6. The van der Waals surface area contributed by atoms with Crippen LogP contribution in [-0.2, 0) is 0 Å². The van der Waals surface area contributed by atoms with Gasteiger partial charge in [-0.25, -0.2) is 8.78 Å². The summed E-state index contributed by atoms with van der Waals surface area (Å²) in [6, 6.07) is 11.3. The molecule has 3 rings (SSSR count). The molecule has 1 unspecified atom stereocenters. The van der Waals surface area contributed by atoms with E-state index in [1.165, 1.54) is 12.1 Å². The van der Waals surface area contributed by atoms with Gasteiger partial charge in [-0.1, -0.05) is 6.07 Å². The van der Waals surface area contributed by atoms with Gasteiger partial charge in [0.2, 0.25) is 0 Å². The largest absolute Gasteiger partial charge is 0.378 e. The molecule has 0 saturated carbocycles. The summed E-state index contributed by atoms with van der Waals surface area (Å²) in [6.07, 6.45) is 1.87. The Balaban J connectivity index is 1.85. The molecule has 0 fully saturated rings. The lowest BCUT2D eigenvalue weighted by Crippen LogP contribution is -2.08. The van der Waals surface area contributed by atoms with E-state index in [0.717, 1.165) is 22.7 Å². The second-order valence-corrected chi connectivity index (χ2v) is 4.81. The summed E-state index contributed by atoms with van der Waals surface area (Å²) >= 11 is 0. The van der Waals surface area contributed by atoms with Crippen LogP contribution in [0.2, 0.25) is 0 Å². The Hall–Kier alpha value is -2.36. The number of hydrogen-bond donors (Lipinski definition) is 2. The predicted octanol–water partition coefficient (Wildman–Crippen LogP) is 4.62. The SMILES string of the molecule is CC(Nc1ccc2[nH]ccc2c1)c1ccc(F)cc1F. The molecular formula is C16H14F2N2. The Morgan fingerprint density at radius 2 is 1.90 bits per heavy atom. The van der Waals surface area contributed by atoms with E-state index in [2.05, 4.69) is 10.3 Å². The van der Waals surface area contributed by atoms with Crippen LogP contribution in [0.5, 0.6) is 0 Å². The number of anilines is 1. The third kappa shape index (κ3) is 2.37. The first-order chi connectivity index (χ1) is 9.63. The van der Waals surface area contributed by atoms with E-state index in [9.17, 15) is 8.78 Å². The Morgan fingerprint density at radius 3 is 2.70 bits per heavy atom. The van der Waals surface area contributed by atoms with Crippen LogP contribution in [0.15, 0.2) is 48.7 Å². The maximum absolute atomic E-state index is 13.7. The number of rotatable bonds is 3. The van der Waals surface area contributed by atoms with Crippen LogP contribution in [0.3, 0.4) is 0 Å².